The lowest BCUT2D eigenvalue weighted by Crippen LogP contribution is -2.00. The Morgan fingerprint density at radius 3 is 2.62 bits per heavy atom. The molecule has 0 aliphatic carbocycles. The largest absolute Gasteiger partial charge is 0.397 e. The van der Waals surface area contributed by atoms with Gasteiger partial charge in [-0.3, -0.25) is 0 Å². The molecule has 0 unspecified atom stereocenters. The zero-order valence-electron chi connectivity index (χ0n) is 8.34. The van der Waals surface area contributed by atoms with Gasteiger partial charge >= 0.3 is 0 Å². The molecule has 16 heavy (non-hydrogen) atoms. The third-order valence-corrected chi connectivity index (χ3v) is 4.21. The summed E-state index contributed by atoms with van der Waals surface area (Å²) in [4.78, 5) is 1.27. The van der Waals surface area contributed by atoms with Gasteiger partial charge < -0.3 is 11.1 Å². The summed E-state index contributed by atoms with van der Waals surface area (Å²) in [6.07, 6.45) is 0. The Hall–Kier alpha value is -0.520. The Kier molecular flexibility index (Phi) is 3.89. The van der Waals surface area contributed by atoms with Crippen LogP contribution in [0.3, 0.4) is 0 Å². The molecule has 0 saturated carbocycles. The summed E-state index contributed by atoms with van der Waals surface area (Å²) in [5.41, 5.74) is 7.61. The van der Waals surface area contributed by atoms with Gasteiger partial charge in [0.2, 0.25) is 0 Å². The highest BCUT2D eigenvalue weighted by atomic mass is 79.9. The Morgan fingerprint density at radius 1 is 1.19 bits per heavy atom. The molecule has 2 aromatic rings. The summed E-state index contributed by atoms with van der Waals surface area (Å²) in [7, 11) is 0. The first kappa shape index (κ1) is 12.0. The van der Waals surface area contributed by atoms with Crippen molar-refractivity contribution in [2.75, 3.05) is 11.1 Å². The molecule has 0 radical (unpaired) electrons. The van der Waals surface area contributed by atoms with E-state index in [0.29, 0.717) is 0 Å². The van der Waals surface area contributed by atoms with Crippen molar-refractivity contribution in [1.82, 2.24) is 0 Å². The molecule has 0 aliphatic rings. The van der Waals surface area contributed by atoms with Crippen LogP contribution in [0.2, 0.25) is 0 Å². The molecule has 2 rings (SSSR count). The molecule has 5 heteroatoms. The molecule has 1 aromatic heterocycles. The summed E-state index contributed by atoms with van der Waals surface area (Å²) in [6.45, 7) is 0.794. The lowest BCUT2D eigenvalue weighted by Gasteiger charge is -2.08. The fraction of sp³-hybridized carbons (Fsp3) is 0.0909. The molecule has 0 spiro atoms. The van der Waals surface area contributed by atoms with E-state index in [2.05, 4.69) is 43.2 Å². The predicted octanol–water partition coefficient (Wildman–Crippen LogP) is 4.47. The van der Waals surface area contributed by atoms with E-state index in [4.69, 9.17) is 5.73 Å². The molecule has 0 amide bonds. The van der Waals surface area contributed by atoms with Crippen LogP contribution in [0.4, 0.5) is 11.4 Å². The second kappa shape index (κ2) is 5.21. The predicted molar refractivity (Wildman–Crippen MR) is 77.9 cm³/mol. The van der Waals surface area contributed by atoms with E-state index in [1.165, 1.54) is 4.88 Å². The normalized spacial score (nSPS) is 10.4. The minimum atomic E-state index is 0.755. The van der Waals surface area contributed by atoms with Gasteiger partial charge in [0.15, 0.2) is 0 Å². The number of benzene rings is 1. The Labute approximate surface area is 115 Å². The number of hydrogen-bond donors (Lipinski definition) is 2. The highest BCUT2D eigenvalue weighted by molar-refractivity contribution is 9.11. The highest BCUT2D eigenvalue weighted by Crippen LogP contribution is 2.26. The summed E-state index contributed by atoms with van der Waals surface area (Å²) >= 11 is 8.55. The second-order valence-electron chi connectivity index (χ2n) is 3.29. The molecule has 84 valence electrons. The molecular weight excluding hydrogens is 352 g/mol. The van der Waals surface area contributed by atoms with Gasteiger partial charge in [0.25, 0.3) is 0 Å². The summed E-state index contributed by atoms with van der Waals surface area (Å²) in [5, 5.41) is 3.31. The molecule has 1 aromatic carbocycles. The van der Waals surface area contributed by atoms with E-state index in [0.717, 1.165) is 26.2 Å². The smallest absolute Gasteiger partial charge is 0.0702 e. The van der Waals surface area contributed by atoms with Crippen LogP contribution in [0.1, 0.15) is 4.88 Å². The van der Waals surface area contributed by atoms with Gasteiger partial charge in [0, 0.05) is 15.9 Å². The number of nitrogens with two attached hydrogens (primary N) is 1. The number of anilines is 2. The van der Waals surface area contributed by atoms with Crippen molar-refractivity contribution in [1.29, 1.82) is 0 Å². The van der Waals surface area contributed by atoms with Crippen molar-refractivity contribution in [2.45, 2.75) is 6.54 Å². The topological polar surface area (TPSA) is 38.0 Å². The van der Waals surface area contributed by atoms with Gasteiger partial charge in [-0.15, -0.1) is 11.3 Å². The minimum absolute atomic E-state index is 0.755. The highest BCUT2D eigenvalue weighted by Gasteiger charge is 2.01. The standard InChI is InChI=1S/C11H10Br2N2S/c12-7-1-3-10(9(14)5-7)15-6-8-2-4-11(13)16-8/h1-5,15H,6,14H2. The Morgan fingerprint density at radius 2 is 2.00 bits per heavy atom. The Balaban J connectivity index is 2.04. The fourth-order valence-electron chi connectivity index (χ4n) is 1.32. The van der Waals surface area contributed by atoms with Gasteiger partial charge in [0.1, 0.15) is 0 Å². The molecule has 0 bridgehead atoms. The number of nitrogens with one attached hydrogen (secondary N) is 1. The van der Waals surface area contributed by atoms with Crippen molar-refractivity contribution in [3.63, 3.8) is 0 Å². The van der Waals surface area contributed by atoms with E-state index >= 15 is 0 Å². The maximum absolute atomic E-state index is 5.89. The Bertz CT molecular complexity index is 496. The number of thiophene rings is 1. The van der Waals surface area contributed by atoms with Crippen LogP contribution in [0.25, 0.3) is 0 Å². The quantitative estimate of drug-likeness (QED) is 0.791. The van der Waals surface area contributed by atoms with E-state index in [-0.39, 0.29) is 0 Å². The number of hydrogen-bond acceptors (Lipinski definition) is 3. The third-order valence-electron chi connectivity index (χ3n) is 2.10. The van der Waals surface area contributed by atoms with Gasteiger partial charge in [-0.1, -0.05) is 15.9 Å². The first-order chi connectivity index (χ1) is 7.65. The average Bonchev–Trinajstić information content (AvgIpc) is 2.63. The van der Waals surface area contributed by atoms with Crippen molar-refractivity contribution in [3.05, 3.63) is 43.5 Å². The lowest BCUT2D eigenvalue weighted by molar-refractivity contribution is 1.19. The molecule has 2 nitrogen and oxygen atoms in total. The number of rotatable bonds is 3. The summed E-state index contributed by atoms with van der Waals surface area (Å²) in [6, 6.07) is 9.99. The molecule has 0 atom stereocenters. The van der Waals surface area contributed by atoms with Crippen LogP contribution in [0, 0.1) is 0 Å². The van der Waals surface area contributed by atoms with Crippen LogP contribution in [-0.4, -0.2) is 0 Å². The van der Waals surface area contributed by atoms with Crippen LogP contribution in [-0.2, 0) is 6.54 Å². The molecule has 0 aliphatic heterocycles. The molecular formula is C11H10Br2N2S. The van der Waals surface area contributed by atoms with Crippen molar-refractivity contribution >= 4 is 54.6 Å². The van der Waals surface area contributed by atoms with Crippen molar-refractivity contribution in [3.8, 4) is 0 Å². The molecule has 0 fully saturated rings. The van der Waals surface area contributed by atoms with E-state index in [1.54, 1.807) is 11.3 Å². The van der Waals surface area contributed by atoms with Gasteiger partial charge in [-0.2, -0.15) is 0 Å². The minimum Gasteiger partial charge on any atom is -0.397 e. The fourth-order valence-corrected chi connectivity index (χ4v) is 3.13. The van der Waals surface area contributed by atoms with Crippen LogP contribution in [0.5, 0.6) is 0 Å². The monoisotopic (exact) mass is 360 g/mol. The van der Waals surface area contributed by atoms with Gasteiger partial charge in [0.05, 0.1) is 15.2 Å². The summed E-state index contributed by atoms with van der Waals surface area (Å²) < 4.78 is 2.14. The third kappa shape index (κ3) is 2.99. The lowest BCUT2D eigenvalue weighted by atomic mass is 10.2. The van der Waals surface area contributed by atoms with Gasteiger partial charge in [-0.25, -0.2) is 0 Å². The molecule has 1 heterocycles. The zero-order chi connectivity index (χ0) is 11.5. The maximum Gasteiger partial charge on any atom is 0.0702 e. The maximum atomic E-state index is 5.89. The first-order valence-electron chi connectivity index (χ1n) is 4.68. The second-order valence-corrected chi connectivity index (χ2v) is 6.75. The van der Waals surface area contributed by atoms with E-state index < -0.39 is 0 Å². The molecule has 3 N–H and O–H groups in total. The van der Waals surface area contributed by atoms with Gasteiger partial charge in [-0.05, 0) is 46.3 Å². The molecule has 0 saturated heterocycles. The zero-order valence-corrected chi connectivity index (χ0v) is 12.3. The first-order valence-corrected chi connectivity index (χ1v) is 7.08. The van der Waals surface area contributed by atoms with E-state index in [9.17, 15) is 0 Å². The van der Waals surface area contributed by atoms with Crippen LogP contribution < -0.4 is 11.1 Å². The van der Waals surface area contributed by atoms with Crippen LogP contribution >= 0.6 is 43.2 Å². The number of halogens is 2. The van der Waals surface area contributed by atoms with Crippen molar-refractivity contribution < 1.29 is 0 Å². The SMILES string of the molecule is Nc1cc(Br)ccc1NCc1ccc(Br)s1. The average molecular weight is 362 g/mol. The van der Waals surface area contributed by atoms with E-state index in [1.807, 2.05) is 24.3 Å². The number of nitrogen functional groups attached to an aromatic ring is 1. The van der Waals surface area contributed by atoms with Crippen molar-refractivity contribution in [2.24, 2.45) is 0 Å². The van der Waals surface area contributed by atoms with Crippen LogP contribution in [0.15, 0.2) is 38.6 Å². The summed E-state index contributed by atoms with van der Waals surface area (Å²) in [5.74, 6) is 0.